The molecule has 1 saturated carbocycles. The van der Waals surface area contributed by atoms with Gasteiger partial charge < -0.3 is 5.11 Å². The minimum atomic E-state index is -0.945. The Hall–Kier alpha value is -0.910. The topological polar surface area (TPSA) is 50.9 Å². The molecule has 2 atom stereocenters. The number of nitrogens with zero attached hydrogens (tertiary/aromatic N) is 3. The summed E-state index contributed by atoms with van der Waals surface area (Å²) in [7, 11) is 0. The first-order chi connectivity index (χ1) is 9.59. The van der Waals surface area contributed by atoms with Crippen LogP contribution in [0.5, 0.6) is 0 Å². The molecule has 3 rings (SSSR count). The second kappa shape index (κ2) is 6.46. The Morgan fingerprint density at radius 3 is 2.57 bits per heavy atom. The van der Waals surface area contributed by atoms with E-state index in [1.807, 2.05) is 24.3 Å². The van der Waals surface area contributed by atoms with Crippen LogP contribution in [0.1, 0.15) is 25.3 Å². The zero-order valence-electron chi connectivity index (χ0n) is 11.8. The molecular formula is C15H19BrClN3O. The molecular weight excluding hydrogens is 354 g/mol. The van der Waals surface area contributed by atoms with Crippen molar-refractivity contribution in [1.29, 1.82) is 0 Å². The third-order valence-corrected chi connectivity index (χ3v) is 4.55. The highest BCUT2D eigenvalue weighted by Gasteiger charge is 2.44. The third kappa shape index (κ3) is 3.47. The summed E-state index contributed by atoms with van der Waals surface area (Å²) in [6, 6.07) is 7.45. The summed E-state index contributed by atoms with van der Waals surface area (Å²) in [6.07, 6.45) is 5.51. The van der Waals surface area contributed by atoms with E-state index in [-0.39, 0.29) is 22.9 Å². The molecule has 21 heavy (non-hydrogen) atoms. The van der Waals surface area contributed by atoms with Gasteiger partial charge in [-0.15, -0.1) is 17.0 Å². The number of hydrogen-bond donors (Lipinski definition) is 1. The Bertz CT molecular complexity index is 571. The first kappa shape index (κ1) is 16.5. The average Bonchev–Trinajstić information content (AvgIpc) is 3.17. The molecule has 1 aromatic heterocycles. The summed E-state index contributed by atoms with van der Waals surface area (Å²) in [5, 5.41) is 16.1. The molecule has 6 heteroatoms. The molecule has 0 spiro atoms. The van der Waals surface area contributed by atoms with Crippen LogP contribution in [-0.4, -0.2) is 19.9 Å². The van der Waals surface area contributed by atoms with Crippen molar-refractivity contribution in [3.8, 4) is 0 Å². The summed E-state index contributed by atoms with van der Waals surface area (Å²) >= 11 is 5.95. The molecule has 4 nitrogen and oxygen atoms in total. The highest BCUT2D eigenvalue weighted by Crippen LogP contribution is 2.46. The second-order valence-corrected chi connectivity index (χ2v) is 6.09. The van der Waals surface area contributed by atoms with E-state index in [0.29, 0.717) is 17.5 Å². The maximum absolute atomic E-state index is 11.3. The molecule has 1 heterocycles. The fraction of sp³-hybridized carbons (Fsp3) is 0.467. The number of aliphatic hydroxyl groups is 1. The SMILES string of the molecule is Br.CC(C1CC1)C(O)(Cn1cncn1)c1ccc(Cl)cc1. The van der Waals surface area contributed by atoms with E-state index >= 15 is 0 Å². The van der Waals surface area contributed by atoms with Crippen molar-refractivity contribution in [2.45, 2.75) is 31.9 Å². The number of benzene rings is 1. The summed E-state index contributed by atoms with van der Waals surface area (Å²) < 4.78 is 1.69. The largest absolute Gasteiger partial charge is 0.383 e. The zero-order valence-corrected chi connectivity index (χ0v) is 14.3. The van der Waals surface area contributed by atoms with Gasteiger partial charge in [0.15, 0.2) is 0 Å². The number of aromatic nitrogens is 3. The lowest BCUT2D eigenvalue weighted by Gasteiger charge is -2.35. The lowest BCUT2D eigenvalue weighted by atomic mass is 9.79. The zero-order chi connectivity index (χ0) is 14.2. The Kier molecular flexibility index (Phi) is 5.07. The highest BCUT2D eigenvalue weighted by atomic mass is 79.9. The summed E-state index contributed by atoms with van der Waals surface area (Å²) in [5.74, 6) is 0.757. The van der Waals surface area contributed by atoms with Gasteiger partial charge in [0, 0.05) is 5.02 Å². The monoisotopic (exact) mass is 371 g/mol. The lowest BCUT2D eigenvalue weighted by Crippen LogP contribution is -2.39. The molecule has 0 aliphatic heterocycles. The van der Waals surface area contributed by atoms with E-state index in [2.05, 4.69) is 17.0 Å². The summed E-state index contributed by atoms with van der Waals surface area (Å²) in [5.41, 5.74) is -0.0591. The Morgan fingerprint density at radius 2 is 2.05 bits per heavy atom. The molecule has 1 aliphatic carbocycles. The third-order valence-electron chi connectivity index (χ3n) is 4.30. The van der Waals surface area contributed by atoms with Crippen molar-refractivity contribution < 1.29 is 5.11 Å². The number of hydrogen-bond acceptors (Lipinski definition) is 3. The van der Waals surface area contributed by atoms with Gasteiger partial charge in [-0.3, -0.25) is 0 Å². The summed E-state index contributed by atoms with van der Waals surface area (Å²) in [4.78, 5) is 3.95. The molecule has 0 bridgehead atoms. The molecule has 114 valence electrons. The highest BCUT2D eigenvalue weighted by molar-refractivity contribution is 8.93. The average molecular weight is 373 g/mol. The fourth-order valence-electron chi connectivity index (χ4n) is 2.78. The maximum Gasteiger partial charge on any atom is 0.137 e. The first-order valence-corrected chi connectivity index (χ1v) is 7.28. The van der Waals surface area contributed by atoms with Crippen molar-refractivity contribution in [2.75, 3.05) is 0 Å². The minimum absolute atomic E-state index is 0. The standard InChI is InChI=1S/C15H18ClN3O.BrH/c1-11(12-2-3-12)15(20,8-19-10-17-9-18-19)13-4-6-14(16)7-5-13;/h4-7,9-12,20H,2-3,8H2,1H3;1H. The van der Waals surface area contributed by atoms with Gasteiger partial charge in [-0.2, -0.15) is 5.10 Å². The van der Waals surface area contributed by atoms with Crippen LogP contribution in [0, 0.1) is 11.8 Å². The smallest absolute Gasteiger partial charge is 0.137 e. The Labute approximate surface area is 139 Å². The Morgan fingerprint density at radius 1 is 1.38 bits per heavy atom. The molecule has 1 fully saturated rings. The van der Waals surface area contributed by atoms with Crippen LogP contribution in [-0.2, 0) is 12.1 Å². The van der Waals surface area contributed by atoms with E-state index in [4.69, 9.17) is 11.6 Å². The fourth-order valence-corrected chi connectivity index (χ4v) is 2.91. The van der Waals surface area contributed by atoms with Gasteiger partial charge in [0.05, 0.1) is 6.54 Å². The van der Waals surface area contributed by atoms with Gasteiger partial charge in [-0.25, -0.2) is 9.67 Å². The normalized spacial score (nSPS) is 18.6. The van der Waals surface area contributed by atoms with Gasteiger partial charge in [0.25, 0.3) is 0 Å². The van der Waals surface area contributed by atoms with Crippen molar-refractivity contribution >= 4 is 28.6 Å². The van der Waals surface area contributed by atoms with E-state index in [9.17, 15) is 5.11 Å². The van der Waals surface area contributed by atoms with Crippen molar-refractivity contribution in [1.82, 2.24) is 14.8 Å². The molecule has 1 N–H and O–H groups in total. The molecule has 0 amide bonds. The van der Waals surface area contributed by atoms with Crippen LogP contribution in [0.2, 0.25) is 5.02 Å². The second-order valence-electron chi connectivity index (χ2n) is 5.65. The van der Waals surface area contributed by atoms with E-state index in [1.165, 1.54) is 19.2 Å². The van der Waals surface area contributed by atoms with Gasteiger partial charge in [0.2, 0.25) is 0 Å². The molecule has 2 unspecified atom stereocenters. The van der Waals surface area contributed by atoms with E-state index in [0.717, 1.165) is 5.56 Å². The van der Waals surface area contributed by atoms with E-state index in [1.54, 1.807) is 11.0 Å². The van der Waals surface area contributed by atoms with Crippen LogP contribution in [0.15, 0.2) is 36.9 Å². The molecule has 1 aliphatic rings. The van der Waals surface area contributed by atoms with Crippen LogP contribution in [0.25, 0.3) is 0 Å². The van der Waals surface area contributed by atoms with Gasteiger partial charge in [0.1, 0.15) is 18.3 Å². The molecule has 0 saturated heterocycles. The maximum atomic E-state index is 11.3. The predicted octanol–water partition coefficient (Wildman–Crippen LogP) is 3.44. The summed E-state index contributed by atoms with van der Waals surface area (Å²) in [6.45, 7) is 2.52. The Balaban J connectivity index is 0.00000161. The van der Waals surface area contributed by atoms with Crippen molar-refractivity contribution in [3.63, 3.8) is 0 Å². The molecule has 0 radical (unpaired) electrons. The molecule has 2 aromatic rings. The van der Waals surface area contributed by atoms with Crippen LogP contribution >= 0.6 is 28.6 Å². The van der Waals surface area contributed by atoms with Crippen molar-refractivity contribution in [2.24, 2.45) is 11.8 Å². The van der Waals surface area contributed by atoms with E-state index < -0.39 is 5.60 Å². The molecule has 1 aromatic carbocycles. The number of rotatable bonds is 5. The minimum Gasteiger partial charge on any atom is -0.383 e. The van der Waals surface area contributed by atoms with Crippen molar-refractivity contribution in [3.05, 3.63) is 47.5 Å². The number of halogens is 2. The van der Waals surface area contributed by atoms with Gasteiger partial charge >= 0.3 is 0 Å². The van der Waals surface area contributed by atoms with Crippen LogP contribution in [0.3, 0.4) is 0 Å². The van der Waals surface area contributed by atoms with Crippen LogP contribution in [0.4, 0.5) is 0 Å². The van der Waals surface area contributed by atoms with Gasteiger partial charge in [-0.1, -0.05) is 30.7 Å². The van der Waals surface area contributed by atoms with Crippen LogP contribution < -0.4 is 0 Å². The van der Waals surface area contributed by atoms with Gasteiger partial charge in [-0.05, 0) is 42.4 Å². The lowest BCUT2D eigenvalue weighted by molar-refractivity contribution is -0.0442. The predicted molar refractivity (Wildman–Crippen MR) is 87.6 cm³/mol. The first-order valence-electron chi connectivity index (χ1n) is 6.90. The quantitative estimate of drug-likeness (QED) is 0.874.